The molecule has 2 rings (SSSR count). The first-order chi connectivity index (χ1) is 10.1. The van der Waals surface area contributed by atoms with Crippen LogP contribution in [-0.2, 0) is 22.0 Å². The molecule has 0 bridgehead atoms. The molecule has 0 amide bonds. The van der Waals surface area contributed by atoms with E-state index in [1.807, 2.05) is 13.8 Å². The largest absolute Gasteiger partial charge is 0.416 e. The van der Waals surface area contributed by atoms with Crippen LogP contribution in [0.2, 0.25) is 0 Å². The molecule has 1 fully saturated rings. The third kappa shape index (κ3) is 4.23. The van der Waals surface area contributed by atoms with Crippen molar-refractivity contribution in [3.05, 3.63) is 35.4 Å². The van der Waals surface area contributed by atoms with Crippen molar-refractivity contribution >= 4 is 10.0 Å². The van der Waals surface area contributed by atoms with Crippen molar-refractivity contribution in [2.24, 2.45) is 11.8 Å². The van der Waals surface area contributed by atoms with E-state index in [2.05, 4.69) is 0 Å². The first-order valence-electron chi connectivity index (χ1n) is 7.22. The normalized spacial score (nSPS) is 24.4. The highest BCUT2D eigenvalue weighted by atomic mass is 32.2. The maximum Gasteiger partial charge on any atom is 0.416 e. The van der Waals surface area contributed by atoms with Gasteiger partial charge in [0.25, 0.3) is 0 Å². The van der Waals surface area contributed by atoms with Crippen LogP contribution in [0.25, 0.3) is 0 Å². The van der Waals surface area contributed by atoms with E-state index in [-0.39, 0.29) is 5.75 Å². The van der Waals surface area contributed by atoms with Gasteiger partial charge >= 0.3 is 6.18 Å². The molecule has 1 aromatic carbocycles. The molecule has 2 unspecified atom stereocenters. The Morgan fingerprint density at radius 1 is 1.09 bits per heavy atom. The van der Waals surface area contributed by atoms with Crippen molar-refractivity contribution in [3.63, 3.8) is 0 Å². The van der Waals surface area contributed by atoms with E-state index in [1.54, 1.807) is 0 Å². The molecule has 0 saturated carbocycles. The summed E-state index contributed by atoms with van der Waals surface area (Å²) in [6.45, 7) is 4.98. The van der Waals surface area contributed by atoms with Crippen molar-refractivity contribution in [1.82, 2.24) is 4.31 Å². The number of rotatable bonds is 3. The molecule has 0 aromatic heterocycles. The number of alkyl halides is 3. The molecule has 2 atom stereocenters. The predicted octanol–water partition coefficient (Wildman–Crippen LogP) is 3.51. The number of piperidine rings is 1. The summed E-state index contributed by atoms with van der Waals surface area (Å²) in [5.41, 5.74) is -0.396. The van der Waals surface area contributed by atoms with Gasteiger partial charge in [0.2, 0.25) is 10.0 Å². The molecule has 22 heavy (non-hydrogen) atoms. The van der Waals surface area contributed by atoms with E-state index in [9.17, 15) is 21.6 Å². The van der Waals surface area contributed by atoms with Crippen LogP contribution in [0.4, 0.5) is 13.2 Å². The molecule has 1 aromatic rings. The van der Waals surface area contributed by atoms with Gasteiger partial charge in [-0.15, -0.1) is 0 Å². The highest BCUT2D eigenvalue weighted by Crippen LogP contribution is 2.30. The highest BCUT2D eigenvalue weighted by molar-refractivity contribution is 7.88. The number of hydrogen-bond donors (Lipinski definition) is 0. The molecule has 1 aliphatic rings. The lowest BCUT2D eigenvalue weighted by molar-refractivity contribution is -0.137. The minimum atomic E-state index is -4.41. The SMILES string of the molecule is CC1CC(C)CN(S(=O)(=O)Cc2ccc(C(F)(F)F)cc2)C1. The Morgan fingerprint density at radius 2 is 1.59 bits per heavy atom. The second-order valence-electron chi connectivity index (χ2n) is 6.21. The summed E-state index contributed by atoms with van der Waals surface area (Å²) in [7, 11) is -3.50. The summed E-state index contributed by atoms with van der Waals surface area (Å²) < 4.78 is 63.8. The molecule has 1 heterocycles. The summed E-state index contributed by atoms with van der Waals surface area (Å²) in [5.74, 6) is 0.335. The summed E-state index contributed by atoms with van der Waals surface area (Å²) in [4.78, 5) is 0. The van der Waals surface area contributed by atoms with Gasteiger partial charge in [-0.25, -0.2) is 12.7 Å². The summed E-state index contributed by atoms with van der Waals surface area (Å²) in [6.07, 6.45) is -3.42. The molecule has 0 N–H and O–H groups in total. The molecule has 3 nitrogen and oxygen atoms in total. The summed E-state index contributed by atoms with van der Waals surface area (Å²) in [5, 5.41) is 0. The molecule has 1 saturated heterocycles. The Bertz CT molecular complexity index is 601. The highest BCUT2D eigenvalue weighted by Gasteiger charge is 2.32. The fourth-order valence-electron chi connectivity index (χ4n) is 2.92. The fourth-order valence-corrected chi connectivity index (χ4v) is 4.68. The van der Waals surface area contributed by atoms with Crippen LogP contribution in [0.1, 0.15) is 31.4 Å². The van der Waals surface area contributed by atoms with Gasteiger partial charge in [-0.05, 0) is 36.0 Å². The molecular weight excluding hydrogens is 315 g/mol. The van der Waals surface area contributed by atoms with Gasteiger partial charge in [0.05, 0.1) is 11.3 Å². The number of sulfonamides is 1. The quantitative estimate of drug-likeness (QED) is 0.848. The molecule has 0 spiro atoms. The smallest absolute Gasteiger partial charge is 0.212 e. The second kappa shape index (κ2) is 6.20. The Hall–Kier alpha value is -1.08. The number of hydrogen-bond acceptors (Lipinski definition) is 2. The maximum absolute atomic E-state index is 12.5. The average molecular weight is 335 g/mol. The van der Waals surface area contributed by atoms with E-state index >= 15 is 0 Å². The van der Waals surface area contributed by atoms with Crippen LogP contribution >= 0.6 is 0 Å². The molecule has 0 radical (unpaired) electrons. The second-order valence-corrected chi connectivity index (χ2v) is 8.18. The van der Waals surface area contributed by atoms with Crippen molar-refractivity contribution in [2.75, 3.05) is 13.1 Å². The number of benzene rings is 1. The number of halogens is 3. The first-order valence-corrected chi connectivity index (χ1v) is 8.83. The van der Waals surface area contributed by atoms with Gasteiger partial charge < -0.3 is 0 Å². The van der Waals surface area contributed by atoms with Crippen LogP contribution in [0.3, 0.4) is 0 Å². The van der Waals surface area contributed by atoms with E-state index in [4.69, 9.17) is 0 Å². The van der Waals surface area contributed by atoms with E-state index < -0.39 is 21.8 Å². The van der Waals surface area contributed by atoms with Crippen molar-refractivity contribution in [3.8, 4) is 0 Å². The van der Waals surface area contributed by atoms with Gasteiger partial charge in [-0.2, -0.15) is 13.2 Å². The molecule has 7 heteroatoms. The van der Waals surface area contributed by atoms with Crippen LogP contribution < -0.4 is 0 Å². The van der Waals surface area contributed by atoms with Gasteiger partial charge in [0.15, 0.2) is 0 Å². The van der Waals surface area contributed by atoms with Gasteiger partial charge in [-0.1, -0.05) is 26.0 Å². The van der Waals surface area contributed by atoms with Gasteiger partial charge in [0, 0.05) is 13.1 Å². The standard InChI is InChI=1S/C15H20F3NO2S/c1-11-7-12(2)9-19(8-11)22(20,21)10-13-3-5-14(6-4-13)15(16,17)18/h3-6,11-12H,7-10H2,1-2H3. The van der Waals surface area contributed by atoms with Crippen LogP contribution in [-0.4, -0.2) is 25.8 Å². The lowest BCUT2D eigenvalue weighted by Crippen LogP contribution is -2.43. The van der Waals surface area contributed by atoms with Crippen molar-refractivity contribution < 1.29 is 21.6 Å². The van der Waals surface area contributed by atoms with Crippen molar-refractivity contribution in [1.29, 1.82) is 0 Å². The van der Waals surface area contributed by atoms with E-state index in [0.717, 1.165) is 18.6 Å². The fraction of sp³-hybridized carbons (Fsp3) is 0.600. The third-order valence-electron chi connectivity index (χ3n) is 3.86. The Labute approximate surface area is 129 Å². The average Bonchev–Trinajstić information content (AvgIpc) is 2.36. The topological polar surface area (TPSA) is 37.4 Å². The minimum Gasteiger partial charge on any atom is -0.212 e. The molecule has 0 aliphatic carbocycles. The van der Waals surface area contributed by atoms with E-state index in [0.29, 0.717) is 30.5 Å². The Kier molecular flexibility index (Phi) is 4.87. The minimum absolute atomic E-state index is 0.259. The van der Waals surface area contributed by atoms with Crippen molar-refractivity contribution in [2.45, 2.75) is 32.2 Å². The first kappa shape index (κ1) is 17.3. The number of nitrogens with zero attached hydrogens (tertiary/aromatic N) is 1. The molecule has 124 valence electrons. The zero-order chi connectivity index (χ0) is 16.5. The van der Waals surface area contributed by atoms with Crippen LogP contribution in [0.5, 0.6) is 0 Å². The summed E-state index contributed by atoms with van der Waals surface area (Å²) >= 11 is 0. The molecule has 1 aliphatic heterocycles. The lowest BCUT2D eigenvalue weighted by atomic mass is 9.94. The zero-order valence-electron chi connectivity index (χ0n) is 12.6. The predicted molar refractivity (Wildman–Crippen MR) is 78.6 cm³/mol. The summed E-state index contributed by atoms with van der Waals surface area (Å²) in [6, 6.07) is 4.31. The van der Waals surface area contributed by atoms with Crippen LogP contribution in [0, 0.1) is 11.8 Å². The third-order valence-corrected chi connectivity index (χ3v) is 5.64. The van der Waals surface area contributed by atoms with Gasteiger partial charge in [0.1, 0.15) is 0 Å². The van der Waals surface area contributed by atoms with Gasteiger partial charge in [-0.3, -0.25) is 0 Å². The van der Waals surface area contributed by atoms with Crippen LogP contribution in [0.15, 0.2) is 24.3 Å². The Morgan fingerprint density at radius 3 is 2.05 bits per heavy atom. The zero-order valence-corrected chi connectivity index (χ0v) is 13.4. The Balaban J connectivity index is 2.12. The monoisotopic (exact) mass is 335 g/mol. The molecular formula is C15H20F3NO2S. The van der Waals surface area contributed by atoms with E-state index in [1.165, 1.54) is 16.4 Å². The lowest BCUT2D eigenvalue weighted by Gasteiger charge is -2.34. The maximum atomic E-state index is 12.5.